The van der Waals surface area contributed by atoms with E-state index in [-0.39, 0.29) is 12.0 Å². The van der Waals surface area contributed by atoms with E-state index < -0.39 is 11.9 Å². The molecule has 1 aliphatic rings. The Morgan fingerprint density at radius 2 is 2.23 bits per heavy atom. The van der Waals surface area contributed by atoms with Crippen LogP contribution >= 0.6 is 0 Å². The molecule has 0 bridgehead atoms. The SMILES string of the molecule is C=C[C@H]([C@H](C)O)[C@H]1COC(C)(C)O1. The van der Waals surface area contributed by atoms with Crippen molar-refractivity contribution >= 4 is 0 Å². The minimum absolute atomic E-state index is 0.0539. The van der Waals surface area contributed by atoms with E-state index in [9.17, 15) is 5.11 Å². The second-order valence-electron chi connectivity index (χ2n) is 3.92. The Bertz CT molecular complexity index is 187. The van der Waals surface area contributed by atoms with Crippen molar-refractivity contribution in [2.24, 2.45) is 5.92 Å². The Hall–Kier alpha value is -0.380. The molecule has 13 heavy (non-hydrogen) atoms. The fraction of sp³-hybridized carbons (Fsp3) is 0.800. The first-order valence-electron chi connectivity index (χ1n) is 4.58. The molecule has 3 atom stereocenters. The van der Waals surface area contributed by atoms with Gasteiger partial charge in [-0.25, -0.2) is 0 Å². The summed E-state index contributed by atoms with van der Waals surface area (Å²) in [6.45, 7) is 9.68. The predicted octanol–water partition coefficient (Wildman–Crippen LogP) is 1.32. The summed E-state index contributed by atoms with van der Waals surface area (Å²) in [6.07, 6.45) is 1.20. The standard InChI is InChI=1S/C10H18O3/c1-5-8(7(2)11)9-6-12-10(3,4)13-9/h5,7-9,11H,1,6H2,2-4H3/t7-,8+,9+/m0/s1. The maximum absolute atomic E-state index is 9.44. The zero-order chi connectivity index (χ0) is 10.1. The lowest BCUT2D eigenvalue weighted by Gasteiger charge is -2.23. The largest absolute Gasteiger partial charge is 0.393 e. The van der Waals surface area contributed by atoms with Gasteiger partial charge in [0.1, 0.15) is 0 Å². The van der Waals surface area contributed by atoms with E-state index in [1.807, 2.05) is 13.8 Å². The summed E-state index contributed by atoms with van der Waals surface area (Å²) in [7, 11) is 0. The van der Waals surface area contributed by atoms with Gasteiger partial charge in [0.15, 0.2) is 5.79 Å². The van der Waals surface area contributed by atoms with Crippen LogP contribution in [-0.2, 0) is 9.47 Å². The summed E-state index contributed by atoms with van der Waals surface area (Å²) in [4.78, 5) is 0. The molecule has 0 aromatic heterocycles. The normalized spacial score (nSPS) is 31.2. The Labute approximate surface area is 79.3 Å². The number of rotatable bonds is 3. The van der Waals surface area contributed by atoms with Crippen LogP contribution in [0.4, 0.5) is 0 Å². The minimum atomic E-state index is -0.527. The predicted molar refractivity (Wildman–Crippen MR) is 50.3 cm³/mol. The summed E-state index contributed by atoms with van der Waals surface area (Å²) in [5.74, 6) is -0.581. The molecule has 0 aliphatic carbocycles. The van der Waals surface area contributed by atoms with Gasteiger partial charge in [-0.15, -0.1) is 6.58 Å². The second kappa shape index (κ2) is 3.78. The molecule has 0 saturated carbocycles. The van der Waals surface area contributed by atoms with Crippen molar-refractivity contribution in [2.45, 2.75) is 38.8 Å². The highest BCUT2D eigenvalue weighted by Gasteiger charge is 2.37. The first-order chi connectivity index (χ1) is 5.96. The average molecular weight is 186 g/mol. The van der Waals surface area contributed by atoms with Gasteiger partial charge in [-0.05, 0) is 20.8 Å². The lowest BCUT2D eigenvalue weighted by molar-refractivity contribution is -0.146. The van der Waals surface area contributed by atoms with Gasteiger partial charge in [-0.3, -0.25) is 0 Å². The van der Waals surface area contributed by atoms with Crippen molar-refractivity contribution in [1.29, 1.82) is 0 Å². The number of hydrogen-bond donors (Lipinski definition) is 1. The molecule has 1 rings (SSSR count). The zero-order valence-corrected chi connectivity index (χ0v) is 8.49. The van der Waals surface area contributed by atoms with Gasteiger partial charge in [-0.1, -0.05) is 6.08 Å². The molecule has 3 heteroatoms. The summed E-state index contributed by atoms with van der Waals surface area (Å²) >= 11 is 0. The van der Waals surface area contributed by atoms with Gasteiger partial charge in [0.05, 0.1) is 18.8 Å². The highest BCUT2D eigenvalue weighted by Crippen LogP contribution is 2.28. The van der Waals surface area contributed by atoms with Crippen molar-refractivity contribution in [3.05, 3.63) is 12.7 Å². The summed E-state index contributed by atoms with van der Waals surface area (Å²) in [6, 6.07) is 0. The molecule has 0 unspecified atom stereocenters. The number of ether oxygens (including phenoxy) is 2. The minimum Gasteiger partial charge on any atom is -0.393 e. The Morgan fingerprint density at radius 1 is 1.62 bits per heavy atom. The zero-order valence-electron chi connectivity index (χ0n) is 8.49. The number of aliphatic hydroxyl groups is 1. The summed E-state index contributed by atoms with van der Waals surface area (Å²) in [5.41, 5.74) is 0. The van der Waals surface area contributed by atoms with Crippen LogP contribution in [0.25, 0.3) is 0 Å². The van der Waals surface area contributed by atoms with Crippen LogP contribution in [0.15, 0.2) is 12.7 Å². The van der Waals surface area contributed by atoms with Crippen LogP contribution in [0, 0.1) is 5.92 Å². The van der Waals surface area contributed by atoms with E-state index >= 15 is 0 Å². The van der Waals surface area contributed by atoms with E-state index in [2.05, 4.69) is 6.58 Å². The van der Waals surface area contributed by atoms with Crippen LogP contribution in [0.1, 0.15) is 20.8 Å². The lowest BCUT2D eigenvalue weighted by Crippen LogP contribution is -2.31. The molecular weight excluding hydrogens is 168 g/mol. The van der Waals surface area contributed by atoms with Gasteiger partial charge in [0.2, 0.25) is 0 Å². The second-order valence-corrected chi connectivity index (χ2v) is 3.92. The van der Waals surface area contributed by atoms with Crippen LogP contribution in [0.5, 0.6) is 0 Å². The number of hydrogen-bond acceptors (Lipinski definition) is 3. The first kappa shape index (κ1) is 10.7. The Morgan fingerprint density at radius 3 is 2.54 bits per heavy atom. The van der Waals surface area contributed by atoms with Crippen molar-refractivity contribution < 1.29 is 14.6 Å². The average Bonchev–Trinajstić information content (AvgIpc) is 2.31. The smallest absolute Gasteiger partial charge is 0.163 e. The summed E-state index contributed by atoms with van der Waals surface area (Å²) < 4.78 is 11.0. The first-order valence-corrected chi connectivity index (χ1v) is 4.58. The van der Waals surface area contributed by atoms with Crippen molar-refractivity contribution in [3.8, 4) is 0 Å². The monoisotopic (exact) mass is 186 g/mol. The summed E-state index contributed by atoms with van der Waals surface area (Å²) in [5, 5.41) is 9.44. The molecular formula is C10H18O3. The molecule has 1 heterocycles. The van der Waals surface area contributed by atoms with Crippen LogP contribution in [0.2, 0.25) is 0 Å². The van der Waals surface area contributed by atoms with E-state index in [0.29, 0.717) is 6.61 Å². The molecule has 1 N–H and O–H groups in total. The Balaban J connectivity index is 2.58. The van der Waals surface area contributed by atoms with Gasteiger partial charge in [-0.2, -0.15) is 0 Å². The highest BCUT2D eigenvalue weighted by molar-refractivity contribution is 4.91. The molecule has 1 aliphatic heterocycles. The number of aliphatic hydroxyl groups excluding tert-OH is 1. The maximum atomic E-state index is 9.44. The van der Waals surface area contributed by atoms with Crippen molar-refractivity contribution in [1.82, 2.24) is 0 Å². The van der Waals surface area contributed by atoms with E-state index in [1.54, 1.807) is 13.0 Å². The van der Waals surface area contributed by atoms with E-state index in [0.717, 1.165) is 0 Å². The third kappa shape index (κ3) is 2.53. The molecule has 0 spiro atoms. The topological polar surface area (TPSA) is 38.7 Å². The Kier molecular flexibility index (Phi) is 3.11. The van der Waals surface area contributed by atoms with Crippen LogP contribution < -0.4 is 0 Å². The lowest BCUT2D eigenvalue weighted by atomic mass is 9.98. The van der Waals surface area contributed by atoms with Gasteiger partial charge < -0.3 is 14.6 Å². The molecule has 1 saturated heterocycles. The molecule has 0 aromatic carbocycles. The quantitative estimate of drug-likeness (QED) is 0.676. The molecule has 0 amide bonds. The maximum Gasteiger partial charge on any atom is 0.163 e. The molecule has 1 fully saturated rings. The van der Waals surface area contributed by atoms with Crippen molar-refractivity contribution in [3.63, 3.8) is 0 Å². The van der Waals surface area contributed by atoms with Crippen LogP contribution in [0.3, 0.4) is 0 Å². The fourth-order valence-electron chi connectivity index (χ4n) is 1.56. The van der Waals surface area contributed by atoms with Crippen LogP contribution in [-0.4, -0.2) is 29.7 Å². The molecule has 0 radical (unpaired) electrons. The van der Waals surface area contributed by atoms with Gasteiger partial charge >= 0.3 is 0 Å². The fourth-order valence-corrected chi connectivity index (χ4v) is 1.56. The molecule has 0 aromatic rings. The third-order valence-corrected chi connectivity index (χ3v) is 2.29. The van der Waals surface area contributed by atoms with Gasteiger partial charge in [0.25, 0.3) is 0 Å². The molecule has 3 nitrogen and oxygen atoms in total. The van der Waals surface area contributed by atoms with E-state index in [4.69, 9.17) is 9.47 Å². The highest BCUT2D eigenvalue weighted by atomic mass is 16.7. The van der Waals surface area contributed by atoms with Crippen molar-refractivity contribution in [2.75, 3.05) is 6.61 Å². The third-order valence-electron chi connectivity index (χ3n) is 2.29. The van der Waals surface area contributed by atoms with E-state index in [1.165, 1.54) is 0 Å². The van der Waals surface area contributed by atoms with Gasteiger partial charge in [0, 0.05) is 5.92 Å². The molecule has 76 valence electrons.